The van der Waals surface area contributed by atoms with Gasteiger partial charge in [-0.2, -0.15) is 13.9 Å². The molecule has 0 atom stereocenters. The Morgan fingerprint density at radius 3 is 2.06 bits per heavy atom. The first kappa shape index (κ1) is 14.0. The largest absolute Gasteiger partial charge is 0.333 e. The van der Waals surface area contributed by atoms with Crippen LogP contribution in [-0.4, -0.2) is 16.8 Å². The van der Waals surface area contributed by atoms with Crippen LogP contribution in [0, 0.1) is 6.92 Å². The van der Waals surface area contributed by atoms with E-state index in [0.717, 1.165) is 4.68 Å². The number of hydrogen-bond donors (Lipinski definition) is 1. The highest BCUT2D eigenvalue weighted by molar-refractivity contribution is 5.35. The lowest BCUT2D eigenvalue weighted by atomic mass is 9.89. The predicted octanol–water partition coefficient (Wildman–Crippen LogP) is 2.28. The summed E-state index contributed by atoms with van der Waals surface area (Å²) in [4.78, 5) is 0. The van der Waals surface area contributed by atoms with Crippen LogP contribution in [-0.2, 0) is 18.9 Å². The molecular weight excluding hydrogens is 238 g/mol. The van der Waals surface area contributed by atoms with Gasteiger partial charge in [0.05, 0.1) is 11.3 Å². The van der Waals surface area contributed by atoms with Gasteiger partial charge in [-0.3, -0.25) is 4.68 Å². The maximum atomic E-state index is 13.4. The third-order valence-corrected chi connectivity index (χ3v) is 2.69. The Labute approximate surface area is 96.6 Å². The quantitative estimate of drug-likeness (QED) is 0.721. The van der Waals surface area contributed by atoms with Crippen molar-refractivity contribution in [1.29, 1.82) is 0 Å². The van der Waals surface area contributed by atoms with E-state index < -0.39 is 35.9 Å². The number of fused-ring (bicyclic) bond motifs is 1. The molecule has 98 valence electrons. The molecule has 0 aliphatic heterocycles. The summed E-state index contributed by atoms with van der Waals surface area (Å²) in [6.45, 7) is 1.33. The standard InChI is InChI=1S/C9H10F4N2.CH5N/c1-5-6-7(15(2)14-5)9(12,13)4-3-8(6,10)11;1-2/h3-4H2,1-2H3;2H2,1H3. The first-order chi connectivity index (χ1) is 7.76. The number of rotatable bonds is 0. The molecule has 0 saturated carbocycles. The van der Waals surface area contributed by atoms with E-state index in [2.05, 4.69) is 10.8 Å². The second-order valence-corrected chi connectivity index (χ2v) is 3.84. The lowest BCUT2D eigenvalue weighted by Gasteiger charge is -2.29. The number of halogens is 4. The first-order valence-corrected chi connectivity index (χ1v) is 5.13. The molecule has 3 nitrogen and oxygen atoms in total. The van der Waals surface area contributed by atoms with E-state index in [1.54, 1.807) is 0 Å². The van der Waals surface area contributed by atoms with Gasteiger partial charge in [-0.05, 0) is 14.0 Å². The molecule has 17 heavy (non-hydrogen) atoms. The van der Waals surface area contributed by atoms with Crippen LogP contribution in [0.1, 0.15) is 29.8 Å². The van der Waals surface area contributed by atoms with Gasteiger partial charge < -0.3 is 5.73 Å². The van der Waals surface area contributed by atoms with Gasteiger partial charge in [-0.15, -0.1) is 0 Å². The van der Waals surface area contributed by atoms with E-state index in [0.29, 0.717) is 0 Å². The highest BCUT2D eigenvalue weighted by atomic mass is 19.3. The smallest absolute Gasteiger partial charge is 0.290 e. The number of aryl methyl sites for hydroxylation is 2. The monoisotopic (exact) mass is 253 g/mol. The zero-order valence-electron chi connectivity index (χ0n) is 9.90. The van der Waals surface area contributed by atoms with Crippen molar-refractivity contribution >= 4 is 0 Å². The lowest BCUT2D eigenvalue weighted by molar-refractivity contribution is -0.0999. The summed E-state index contributed by atoms with van der Waals surface area (Å²) in [5.41, 5.74) is 3.24. The van der Waals surface area contributed by atoms with E-state index in [-0.39, 0.29) is 5.69 Å². The van der Waals surface area contributed by atoms with Gasteiger partial charge in [0, 0.05) is 19.9 Å². The summed E-state index contributed by atoms with van der Waals surface area (Å²) in [6, 6.07) is 0. The Hall–Kier alpha value is -1.11. The average molecular weight is 253 g/mol. The zero-order valence-corrected chi connectivity index (χ0v) is 9.90. The van der Waals surface area contributed by atoms with Crippen LogP contribution >= 0.6 is 0 Å². The average Bonchev–Trinajstić information content (AvgIpc) is 2.54. The minimum atomic E-state index is -3.20. The summed E-state index contributed by atoms with van der Waals surface area (Å²) in [5, 5.41) is 3.64. The van der Waals surface area contributed by atoms with Gasteiger partial charge >= 0.3 is 0 Å². The molecule has 1 aromatic heterocycles. The van der Waals surface area contributed by atoms with Gasteiger partial charge in [-0.1, -0.05) is 0 Å². The Morgan fingerprint density at radius 2 is 1.59 bits per heavy atom. The van der Waals surface area contributed by atoms with Gasteiger partial charge in [0.1, 0.15) is 5.69 Å². The predicted molar refractivity (Wildman–Crippen MR) is 55.1 cm³/mol. The fourth-order valence-electron chi connectivity index (χ4n) is 2.07. The number of hydrogen-bond acceptors (Lipinski definition) is 2. The van der Waals surface area contributed by atoms with Crippen LogP contribution in [0.25, 0.3) is 0 Å². The topological polar surface area (TPSA) is 43.8 Å². The molecule has 0 radical (unpaired) electrons. The summed E-state index contributed by atoms with van der Waals surface area (Å²) in [6.07, 6.45) is -1.65. The van der Waals surface area contributed by atoms with E-state index >= 15 is 0 Å². The van der Waals surface area contributed by atoms with Gasteiger partial charge in [0.2, 0.25) is 0 Å². The normalized spacial score (nSPS) is 20.2. The van der Waals surface area contributed by atoms with Crippen LogP contribution < -0.4 is 5.73 Å². The van der Waals surface area contributed by atoms with Crippen molar-refractivity contribution in [3.8, 4) is 0 Å². The van der Waals surface area contributed by atoms with Crippen molar-refractivity contribution < 1.29 is 17.6 Å². The molecule has 0 unspecified atom stereocenters. The number of alkyl halides is 4. The van der Waals surface area contributed by atoms with Crippen molar-refractivity contribution in [2.75, 3.05) is 7.05 Å². The van der Waals surface area contributed by atoms with Crippen molar-refractivity contribution in [2.45, 2.75) is 31.6 Å². The molecule has 0 amide bonds. The Balaban J connectivity index is 0.000000686. The molecule has 0 spiro atoms. The third kappa shape index (κ3) is 2.15. The fourth-order valence-corrected chi connectivity index (χ4v) is 2.07. The molecule has 0 saturated heterocycles. The summed E-state index contributed by atoms with van der Waals surface area (Å²) < 4.78 is 54.6. The number of nitrogens with two attached hydrogens (primary N) is 1. The van der Waals surface area contributed by atoms with Crippen LogP contribution in [0.2, 0.25) is 0 Å². The summed E-state index contributed by atoms with van der Waals surface area (Å²) >= 11 is 0. The molecule has 0 fully saturated rings. The maximum Gasteiger partial charge on any atom is 0.290 e. The highest BCUT2D eigenvalue weighted by Crippen LogP contribution is 2.50. The Bertz CT molecular complexity index is 375. The lowest BCUT2D eigenvalue weighted by Crippen LogP contribution is -2.31. The van der Waals surface area contributed by atoms with E-state index in [9.17, 15) is 17.6 Å². The number of aromatic nitrogens is 2. The van der Waals surface area contributed by atoms with E-state index in [4.69, 9.17) is 0 Å². The first-order valence-electron chi connectivity index (χ1n) is 5.13. The molecular formula is C10H15F4N3. The maximum absolute atomic E-state index is 13.4. The SMILES string of the molecule is CN.Cc1nn(C)c2c1C(F)(F)CCC2(F)F. The summed E-state index contributed by atoms with van der Waals surface area (Å²) in [5.74, 6) is -6.39. The molecule has 1 heterocycles. The molecule has 1 aliphatic rings. The third-order valence-electron chi connectivity index (χ3n) is 2.69. The van der Waals surface area contributed by atoms with Crippen molar-refractivity contribution in [2.24, 2.45) is 12.8 Å². The molecule has 1 aliphatic carbocycles. The van der Waals surface area contributed by atoms with Crippen LogP contribution in [0.15, 0.2) is 0 Å². The van der Waals surface area contributed by atoms with Crippen molar-refractivity contribution in [3.63, 3.8) is 0 Å². The molecule has 2 N–H and O–H groups in total. The highest BCUT2D eigenvalue weighted by Gasteiger charge is 2.52. The van der Waals surface area contributed by atoms with Crippen molar-refractivity contribution in [1.82, 2.24) is 9.78 Å². The zero-order chi connectivity index (χ0) is 13.4. The molecule has 0 bridgehead atoms. The Morgan fingerprint density at radius 1 is 1.12 bits per heavy atom. The minimum Gasteiger partial charge on any atom is -0.333 e. The molecule has 2 rings (SSSR count). The van der Waals surface area contributed by atoms with Gasteiger partial charge in [-0.25, -0.2) is 8.78 Å². The van der Waals surface area contributed by atoms with E-state index in [1.807, 2.05) is 0 Å². The number of nitrogens with zero attached hydrogens (tertiary/aromatic N) is 2. The van der Waals surface area contributed by atoms with Crippen LogP contribution in [0.5, 0.6) is 0 Å². The molecule has 0 aromatic carbocycles. The second-order valence-electron chi connectivity index (χ2n) is 3.84. The minimum absolute atomic E-state index is 0.0168. The van der Waals surface area contributed by atoms with E-state index in [1.165, 1.54) is 21.0 Å². The fraction of sp³-hybridized carbons (Fsp3) is 0.700. The summed E-state index contributed by atoms with van der Waals surface area (Å²) in [7, 11) is 2.77. The van der Waals surface area contributed by atoms with Gasteiger partial charge in [0.25, 0.3) is 11.8 Å². The van der Waals surface area contributed by atoms with Crippen molar-refractivity contribution in [3.05, 3.63) is 17.0 Å². The second kappa shape index (κ2) is 4.29. The molecule has 7 heteroatoms. The van der Waals surface area contributed by atoms with Crippen LogP contribution in [0.3, 0.4) is 0 Å². The van der Waals surface area contributed by atoms with Crippen LogP contribution in [0.4, 0.5) is 17.6 Å². The Kier molecular flexibility index (Phi) is 3.52. The van der Waals surface area contributed by atoms with Gasteiger partial charge in [0.15, 0.2) is 0 Å². The molecule has 1 aromatic rings.